The minimum atomic E-state index is -0.318. The summed E-state index contributed by atoms with van der Waals surface area (Å²) in [4.78, 5) is 1.14. The van der Waals surface area contributed by atoms with Crippen LogP contribution in [0, 0.1) is 5.82 Å². The molecule has 5 nitrogen and oxygen atoms in total. The van der Waals surface area contributed by atoms with E-state index in [0.717, 1.165) is 5.69 Å². The molecule has 0 unspecified atom stereocenters. The van der Waals surface area contributed by atoms with Crippen LogP contribution in [0.2, 0.25) is 0 Å². The average Bonchev–Trinajstić information content (AvgIpc) is 3.20. The van der Waals surface area contributed by atoms with Gasteiger partial charge in [-0.25, -0.2) is 9.07 Å². The molecule has 0 saturated carbocycles. The predicted octanol–water partition coefficient (Wildman–Crippen LogP) is 5.13. The van der Waals surface area contributed by atoms with E-state index in [9.17, 15) is 9.50 Å². The van der Waals surface area contributed by atoms with Crippen molar-refractivity contribution in [2.45, 2.75) is 9.79 Å². The molecule has 29 heavy (non-hydrogen) atoms. The molecular formula is C22H18FN3O2S. The van der Waals surface area contributed by atoms with Crippen LogP contribution in [-0.4, -0.2) is 22.0 Å². The van der Waals surface area contributed by atoms with E-state index in [1.807, 2.05) is 12.1 Å². The maximum atomic E-state index is 14.1. The van der Waals surface area contributed by atoms with Crippen molar-refractivity contribution in [1.29, 1.82) is 0 Å². The van der Waals surface area contributed by atoms with Gasteiger partial charge in [0.1, 0.15) is 17.3 Å². The van der Waals surface area contributed by atoms with Gasteiger partial charge >= 0.3 is 0 Å². The van der Waals surface area contributed by atoms with Crippen LogP contribution in [0.3, 0.4) is 0 Å². The number of anilines is 1. The first-order valence-electron chi connectivity index (χ1n) is 8.80. The number of nitrogens with zero attached hydrogens (tertiary/aromatic N) is 2. The zero-order valence-electron chi connectivity index (χ0n) is 15.5. The van der Waals surface area contributed by atoms with E-state index >= 15 is 0 Å². The Morgan fingerprint density at radius 2 is 1.79 bits per heavy atom. The fourth-order valence-electron chi connectivity index (χ4n) is 2.97. The van der Waals surface area contributed by atoms with Crippen LogP contribution in [0.15, 0.2) is 82.7 Å². The van der Waals surface area contributed by atoms with Gasteiger partial charge in [0, 0.05) is 22.2 Å². The Kier molecular flexibility index (Phi) is 5.14. The molecule has 0 saturated heterocycles. The first-order valence-corrected chi connectivity index (χ1v) is 9.62. The fourth-order valence-corrected chi connectivity index (χ4v) is 3.94. The molecule has 0 bridgehead atoms. The quantitative estimate of drug-likeness (QED) is 0.449. The molecule has 0 aliphatic rings. The number of rotatable bonds is 5. The lowest BCUT2D eigenvalue weighted by molar-refractivity contribution is 0.398. The van der Waals surface area contributed by atoms with Crippen LogP contribution in [0.25, 0.3) is 16.9 Å². The highest BCUT2D eigenvalue weighted by atomic mass is 32.2. The Morgan fingerprint density at radius 1 is 1.03 bits per heavy atom. The minimum absolute atomic E-state index is 0.0388. The van der Waals surface area contributed by atoms with Gasteiger partial charge in [-0.1, -0.05) is 23.9 Å². The summed E-state index contributed by atoms with van der Waals surface area (Å²) >= 11 is 1.23. The highest BCUT2D eigenvalue weighted by molar-refractivity contribution is 7.99. The van der Waals surface area contributed by atoms with Crippen molar-refractivity contribution < 1.29 is 14.2 Å². The van der Waals surface area contributed by atoms with E-state index in [4.69, 9.17) is 10.5 Å². The highest BCUT2D eigenvalue weighted by Crippen LogP contribution is 2.43. The normalized spacial score (nSPS) is 10.8. The van der Waals surface area contributed by atoms with Crippen molar-refractivity contribution in [2.75, 3.05) is 12.8 Å². The van der Waals surface area contributed by atoms with Crippen LogP contribution in [0.4, 0.5) is 10.1 Å². The van der Waals surface area contributed by atoms with Gasteiger partial charge in [0.05, 0.1) is 29.6 Å². The van der Waals surface area contributed by atoms with Crippen molar-refractivity contribution in [2.24, 2.45) is 0 Å². The topological polar surface area (TPSA) is 73.3 Å². The molecule has 1 aromatic heterocycles. The van der Waals surface area contributed by atoms with Crippen molar-refractivity contribution >= 4 is 17.4 Å². The van der Waals surface area contributed by atoms with Crippen molar-refractivity contribution in [3.63, 3.8) is 0 Å². The smallest absolute Gasteiger partial charge is 0.137 e. The monoisotopic (exact) mass is 407 g/mol. The number of nitrogens with two attached hydrogens (primary N) is 1. The van der Waals surface area contributed by atoms with Gasteiger partial charge in [0.25, 0.3) is 0 Å². The summed E-state index contributed by atoms with van der Waals surface area (Å²) in [7, 11) is 1.51. The number of phenols is 1. The zero-order valence-corrected chi connectivity index (χ0v) is 16.4. The van der Waals surface area contributed by atoms with E-state index in [1.54, 1.807) is 53.3 Å². The van der Waals surface area contributed by atoms with Gasteiger partial charge in [-0.15, -0.1) is 0 Å². The largest absolute Gasteiger partial charge is 0.507 e. The number of hydrogen-bond donors (Lipinski definition) is 2. The molecule has 4 aromatic rings. The molecule has 0 fully saturated rings. The summed E-state index contributed by atoms with van der Waals surface area (Å²) < 4.78 is 21.3. The molecule has 146 valence electrons. The molecule has 3 N–H and O–H groups in total. The van der Waals surface area contributed by atoms with Crippen molar-refractivity contribution in [1.82, 2.24) is 9.78 Å². The molecule has 1 heterocycles. The second-order valence-corrected chi connectivity index (χ2v) is 7.36. The van der Waals surface area contributed by atoms with Crippen molar-refractivity contribution in [3.8, 4) is 28.4 Å². The van der Waals surface area contributed by atoms with E-state index in [0.29, 0.717) is 32.5 Å². The summed E-state index contributed by atoms with van der Waals surface area (Å²) in [5.74, 6) is 0.177. The summed E-state index contributed by atoms with van der Waals surface area (Å²) in [5, 5.41) is 15.0. The molecular weight excluding hydrogens is 389 g/mol. The molecule has 0 radical (unpaired) electrons. The van der Waals surface area contributed by atoms with E-state index in [-0.39, 0.29) is 11.6 Å². The maximum absolute atomic E-state index is 14.1. The highest BCUT2D eigenvalue weighted by Gasteiger charge is 2.17. The Bertz CT molecular complexity index is 1160. The number of benzene rings is 3. The molecule has 7 heteroatoms. The lowest BCUT2D eigenvalue weighted by Gasteiger charge is -2.14. The number of halogens is 1. The Hall–Kier alpha value is -3.45. The molecule has 0 aliphatic carbocycles. The third-order valence-electron chi connectivity index (χ3n) is 4.39. The second-order valence-electron chi connectivity index (χ2n) is 6.27. The van der Waals surface area contributed by atoms with Gasteiger partial charge in [-0.3, -0.25) is 0 Å². The summed E-state index contributed by atoms with van der Waals surface area (Å²) in [6.45, 7) is 0. The van der Waals surface area contributed by atoms with E-state index < -0.39 is 0 Å². The van der Waals surface area contributed by atoms with E-state index in [2.05, 4.69) is 5.10 Å². The number of phenolic OH excluding ortho intramolecular Hbond substituents is 1. The number of methoxy groups -OCH3 is 1. The number of nitrogen functional groups attached to an aromatic ring is 1. The molecule has 4 rings (SSSR count). The Morgan fingerprint density at radius 3 is 2.52 bits per heavy atom. The predicted molar refractivity (Wildman–Crippen MR) is 112 cm³/mol. The fraction of sp³-hybridized carbons (Fsp3) is 0.0455. The number of ether oxygens (including phenoxy) is 1. The van der Waals surface area contributed by atoms with Crippen LogP contribution in [0.1, 0.15) is 0 Å². The average molecular weight is 407 g/mol. The van der Waals surface area contributed by atoms with Crippen LogP contribution < -0.4 is 10.5 Å². The van der Waals surface area contributed by atoms with Gasteiger partial charge in [0.15, 0.2) is 0 Å². The molecule has 0 atom stereocenters. The van der Waals surface area contributed by atoms with Crippen LogP contribution >= 0.6 is 11.8 Å². The van der Waals surface area contributed by atoms with Gasteiger partial charge < -0.3 is 15.6 Å². The third kappa shape index (κ3) is 3.77. The molecule has 0 amide bonds. The summed E-state index contributed by atoms with van der Waals surface area (Å²) in [6.07, 6.45) is 1.65. The standard InChI is InChI=1S/C22H18FN3O2S/c1-28-20-13-19(27)16(12-22(20)29-21-5-3-2-4-17(21)23)18-10-11-25-26(18)15-8-6-14(24)7-9-15/h2-13,27H,24H2,1H3. The number of aromatic nitrogens is 2. The van der Waals surface area contributed by atoms with Crippen LogP contribution in [-0.2, 0) is 0 Å². The summed E-state index contributed by atoms with van der Waals surface area (Å²) in [5.41, 5.74) is 8.47. The van der Waals surface area contributed by atoms with Crippen molar-refractivity contribution in [3.05, 3.63) is 78.7 Å². The van der Waals surface area contributed by atoms with Gasteiger partial charge in [-0.2, -0.15) is 5.10 Å². The van der Waals surface area contributed by atoms with Gasteiger partial charge in [-0.05, 0) is 48.5 Å². The minimum Gasteiger partial charge on any atom is -0.507 e. The molecule has 3 aromatic carbocycles. The first kappa shape index (κ1) is 18.9. The number of aromatic hydroxyl groups is 1. The van der Waals surface area contributed by atoms with Gasteiger partial charge in [0.2, 0.25) is 0 Å². The molecule has 0 spiro atoms. The lowest BCUT2D eigenvalue weighted by Crippen LogP contribution is -2.00. The molecule has 0 aliphatic heterocycles. The Labute approximate surface area is 171 Å². The lowest BCUT2D eigenvalue weighted by atomic mass is 10.1. The number of hydrogen-bond acceptors (Lipinski definition) is 5. The maximum Gasteiger partial charge on any atom is 0.137 e. The van der Waals surface area contributed by atoms with Crippen LogP contribution in [0.5, 0.6) is 11.5 Å². The zero-order chi connectivity index (χ0) is 20.4. The summed E-state index contributed by atoms with van der Waals surface area (Å²) in [6, 6.07) is 18.9. The third-order valence-corrected chi connectivity index (χ3v) is 5.48. The SMILES string of the molecule is COc1cc(O)c(-c2ccnn2-c2ccc(N)cc2)cc1Sc1ccccc1F. The second kappa shape index (κ2) is 7.89. The van der Waals surface area contributed by atoms with E-state index in [1.165, 1.54) is 31.0 Å². The Balaban J connectivity index is 1.81. The first-order chi connectivity index (χ1) is 14.1.